The van der Waals surface area contributed by atoms with Gasteiger partial charge in [0.25, 0.3) is 0 Å². The molecule has 0 bridgehead atoms. The summed E-state index contributed by atoms with van der Waals surface area (Å²) in [5, 5.41) is 0. The van der Waals surface area contributed by atoms with E-state index in [9.17, 15) is 4.79 Å². The number of hydrogen-bond acceptors (Lipinski definition) is 2. The average Bonchev–Trinajstić information content (AvgIpc) is 2.43. The van der Waals surface area contributed by atoms with Gasteiger partial charge in [-0.25, -0.2) is 0 Å². The molecule has 0 N–H and O–H groups in total. The number of likely N-dealkylation sites (N-methyl/N-ethyl adjacent to an activating group) is 2. The highest BCUT2D eigenvalue weighted by Gasteiger charge is 2.14. The minimum absolute atomic E-state index is 0.213. The van der Waals surface area contributed by atoms with Gasteiger partial charge in [0.15, 0.2) is 0 Å². The Labute approximate surface area is 110 Å². The predicted molar refractivity (Wildman–Crippen MR) is 75.3 cm³/mol. The van der Waals surface area contributed by atoms with E-state index in [-0.39, 0.29) is 5.91 Å². The third-order valence-corrected chi connectivity index (χ3v) is 3.20. The molecule has 0 saturated carbocycles. The van der Waals surface area contributed by atoms with Crippen molar-refractivity contribution in [3.05, 3.63) is 35.9 Å². The SMILES string of the molecule is CCN(CC)CC(=O)N(CC)Cc1ccccc1. The van der Waals surface area contributed by atoms with E-state index in [1.54, 1.807) is 0 Å². The predicted octanol–water partition coefficient (Wildman–Crippen LogP) is 2.38. The number of amides is 1. The summed E-state index contributed by atoms with van der Waals surface area (Å²) >= 11 is 0. The number of nitrogens with zero attached hydrogens (tertiary/aromatic N) is 2. The molecule has 3 heteroatoms. The molecule has 1 aromatic rings. The Morgan fingerprint density at radius 3 is 2.11 bits per heavy atom. The molecule has 18 heavy (non-hydrogen) atoms. The van der Waals surface area contributed by atoms with Gasteiger partial charge in [-0.05, 0) is 25.6 Å². The van der Waals surface area contributed by atoms with Crippen molar-refractivity contribution in [3.63, 3.8) is 0 Å². The van der Waals surface area contributed by atoms with Gasteiger partial charge in [0.1, 0.15) is 0 Å². The monoisotopic (exact) mass is 248 g/mol. The lowest BCUT2D eigenvalue weighted by Crippen LogP contribution is -2.39. The Morgan fingerprint density at radius 2 is 1.61 bits per heavy atom. The number of rotatable bonds is 7. The molecule has 0 aliphatic rings. The van der Waals surface area contributed by atoms with E-state index in [1.807, 2.05) is 30.0 Å². The molecule has 0 aliphatic carbocycles. The van der Waals surface area contributed by atoms with Crippen molar-refractivity contribution >= 4 is 5.91 Å². The van der Waals surface area contributed by atoms with Crippen LogP contribution < -0.4 is 0 Å². The topological polar surface area (TPSA) is 23.6 Å². The Bertz CT molecular complexity index is 347. The van der Waals surface area contributed by atoms with Gasteiger partial charge >= 0.3 is 0 Å². The zero-order chi connectivity index (χ0) is 13.4. The lowest BCUT2D eigenvalue weighted by Gasteiger charge is -2.25. The van der Waals surface area contributed by atoms with Crippen molar-refractivity contribution in [2.24, 2.45) is 0 Å². The molecule has 100 valence electrons. The third kappa shape index (κ3) is 4.49. The lowest BCUT2D eigenvalue weighted by atomic mass is 10.2. The van der Waals surface area contributed by atoms with Crippen LogP contribution in [-0.2, 0) is 11.3 Å². The second-order valence-corrected chi connectivity index (χ2v) is 4.35. The van der Waals surface area contributed by atoms with Crippen LogP contribution in [-0.4, -0.2) is 41.9 Å². The average molecular weight is 248 g/mol. The quantitative estimate of drug-likeness (QED) is 0.739. The van der Waals surface area contributed by atoms with Crippen molar-refractivity contribution in [2.75, 3.05) is 26.2 Å². The fraction of sp³-hybridized carbons (Fsp3) is 0.533. The van der Waals surface area contributed by atoms with Crippen LogP contribution >= 0.6 is 0 Å². The number of carbonyl (C=O) groups excluding carboxylic acids is 1. The molecule has 1 amide bonds. The minimum Gasteiger partial charge on any atom is -0.338 e. The van der Waals surface area contributed by atoms with Gasteiger partial charge in [-0.1, -0.05) is 44.2 Å². The second kappa shape index (κ2) is 7.88. The van der Waals surface area contributed by atoms with E-state index >= 15 is 0 Å². The van der Waals surface area contributed by atoms with Crippen LogP contribution in [0.2, 0.25) is 0 Å². The Kier molecular flexibility index (Phi) is 6.44. The molecule has 0 fully saturated rings. The van der Waals surface area contributed by atoms with Crippen molar-refractivity contribution < 1.29 is 4.79 Å². The summed E-state index contributed by atoms with van der Waals surface area (Å²) in [6.45, 7) is 10.0. The van der Waals surface area contributed by atoms with E-state index in [2.05, 4.69) is 30.9 Å². The molecule has 0 aromatic heterocycles. The highest BCUT2D eigenvalue weighted by atomic mass is 16.2. The van der Waals surface area contributed by atoms with E-state index in [1.165, 1.54) is 5.56 Å². The van der Waals surface area contributed by atoms with E-state index in [4.69, 9.17) is 0 Å². The Morgan fingerprint density at radius 1 is 1.00 bits per heavy atom. The fourth-order valence-corrected chi connectivity index (χ4v) is 1.92. The Balaban J connectivity index is 2.58. The van der Waals surface area contributed by atoms with Crippen molar-refractivity contribution in [1.29, 1.82) is 0 Å². The summed E-state index contributed by atoms with van der Waals surface area (Å²) < 4.78 is 0. The van der Waals surface area contributed by atoms with Crippen LogP contribution in [0.3, 0.4) is 0 Å². The lowest BCUT2D eigenvalue weighted by molar-refractivity contribution is -0.132. The van der Waals surface area contributed by atoms with Crippen LogP contribution in [0.15, 0.2) is 30.3 Å². The van der Waals surface area contributed by atoms with Gasteiger partial charge in [0.05, 0.1) is 6.54 Å². The zero-order valence-electron chi connectivity index (χ0n) is 11.7. The van der Waals surface area contributed by atoms with E-state index in [0.717, 1.165) is 19.6 Å². The summed E-state index contributed by atoms with van der Waals surface area (Å²) in [4.78, 5) is 16.3. The van der Waals surface area contributed by atoms with Crippen molar-refractivity contribution in [2.45, 2.75) is 27.3 Å². The molecule has 1 rings (SSSR count). The van der Waals surface area contributed by atoms with Crippen LogP contribution in [0.4, 0.5) is 0 Å². The first-order valence-corrected chi connectivity index (χ1v) is 6.75. The van der Waals surface area contributed by atoms with Gasteiger partial charge in [-0.15, -0.1) is 0 Å². The molecule has 0 radical (unpaired) electrons. The van der Waals surface area contributed by atoms with Crippen LogP contribution in [0.25, 0.3) is 0 Å². The number of hydrogen-bond donors (Lipinski definition) is 0. The second-order valence-electron chi connectivity index (χ2n) is 4.35. The summed E-state index contributed by atoms with van der Waals surface area (Å²) in [5.41, 5.74) is 1.19. The molecular formula is C15H24N2O. The molecule has 0 heterocycles. The van der Waals surface area contributed by atoms with Gasteiger partial charge in [-0.2, -0.15) is 0 Å². The van der Waals surface area contributed by atoms with Crippen molar-refractivity contribution in [1.82, 2.24) is 9.80 Å². The first-order valence-electron chi connectivity index (χ1n) is 6.75. The largest absolute Gasteiger partial charge is 0.338 e. The van der Waals surface area contributed by atoms with Crippen LogP contribution in [0.1, 0.15) is 26.3 Å². The fourth-order valence-electron chi connectivity index (χ4n) is 1.92. The summed E-state index contributed by atoms with van der Waals surface area (Å²) in [6, 6.07) is 10.1. The number of benzene rings is 1. The molecule has 3 nitrogen and oxygen atoms in total. The van der Waals surface area contributed by atoms with Gasteiger partial charge in [-0.3, -0.25) is 9.69 Å². The molecule has 0 atom stereocenters. The molecular weight excluding hydrogens is 224 g/mol. The highest BCUT2D eigenvalue weighted by Crippen LogP contribution is 2.05. The van der Waals surface area contributed by atoms with E-state index in [0.29, 0.717) is 13.1 Å². The standard InChI is InChI=1S/C15H24N2O/c1-4-16(5-2)13-15(18)17(6-3)12-14-10-8-7-9-11-14/h7-11H,4-6,12-13H2,1-3H3. The Hall–Kier alpha value is -1.35. The summed E-state index contributed by atoms with van der Waals surface area (Å²) in [5.74, 6) is 0.213. The van der Waals surface area contributed by atoms with Crippen LogP contribution in [0, 0.1) is 0 Å². The third-order valence-electron chi connectivity index (χ3n) is 3.20. The molecule has 0 saturated heterocycles. The first kappa shape index (κ1) is 14.7. The van der Waals surface area contributed by atoms with Crippen molar-refractivity contribution in [3.8, 4) is 0 Å². The summed E-state index contributed by atoms with van der Waals surface area (Å²) in [7, 11) is 0. The smallest absolute Gasteiger partial charge is 0.237 e. The number of carbonyl (C=O) groups is 1. The van der Waals surface area contributed by atoms with Crippen LogP contribution in [0.5, 0.6) is 0 Å². The zero-order valence-corrected chi connectivity index (χ0v) is 11.7. The maximum Gasteiger partial charge on any atom is 0.237 e. The maximum absolute atomic E-state index is 12.2. The molecule has 0 aliphatic heterocycles. The molecule has 0 unspecified atom stereocenters. The van der Waals surface area contributed by atoms with Gasteiger partial charge in [0, 0.05) is 13.1 Å². The van der Waals surface area contributed by atoms with E-state index < -0.39 is 0 Å². The normalized spacial score (nSPS) is 10.7. The highest BCUT2D eigenvalue weighted by molar-refractivity contribution is 5.78. The molecule has 0 spiro atoms. The maximum atomic E-state index is 12.2. The van der Waals surface area contributed by atoms with Gasteiger partial charge < -0.3 is 4.90 Å². The van der Waals surface area contributed by atoms with Gasteiger partial charge in [0.2, 0.25) is 5.91 Å². The first-order chi connectivity index (χ1) is 8.71. The minimum atomic E-state index is 0.213. The summed E-state index contributed by atoms with van der Waals surface area (Å²) in [6.07, 6.45) is 0. The molecule has 1 aromatic carbocycles.